The zero-order valence-electron chi connectivity index (χ0n) is 2.70. The summed E-state index contributed by atoms with van der Waals surface area (Å²) in [5.41, 5.74) is 0.749. The molecule has 1 N–H and O–H groups in total. The van der Waals surface area contributed by atoms with Crippen LogP contribution in [-0.2, 0) is 9.09 Å². The van der Waals surface area contributed by atoms with E-state index in [1.807, 2.05) is 0 Å². The number of hydrogen-bond donors (Lipinski definition) is 1. The Morgan fingerprint density at radius 3 is 2.50 bits per heavy atom. The summed E-state index contributed by atoms with van der Waals surface area (Å²) in [6.45, 7) is 0. The lowest BCUT2D eigenvalue weighted by Crippen LogP contribution is -1.64. The minimum atomic E-state index is -2.51. The van der Waals surface area contributed by atoms with E-state index in [9.17, 15) is 4.57 Å². The third-order valence-corrected chi connectivity index (χ3v) is 0.658. The Bertz CT molecular complexity index is 71.2. The molecule has 0 aromatic carbocycles. The lowest BCUT2D eigenvalue weighted by Gasteiger charge is -1.61. The molecule has 5 heteroatoms. The molecule has 0 saturated carbocycles. The van der Waals surface area contributed by atoms with Crippen molar-refractivity contribution in [1.82, 2.24) is 0 Å². The second-order valence-electron chi connectivity index (χ2n) is 0.439. The first-order chi connectivity index (χ1) is 2.77. The predicted molar refractivity (Wildman–Crippen MR) is 24.6 cm³/mol. The van der Waals surface area contributed by atoms with Crippen LogP contribution in [0.25, 0.3) is 0 Å². The maximum absolute atomic E-state index is 9.43. The van der Waals surface area contributed by atoms with Gasteiger partial charge in [-0.2, -0.15) is 0 Å². The molecule has 1 atom stereocenters. The van der Waals surface area contributed by atoms with Gasteiger partial charge in [0.1, 0.15) is 0 Å². The van der Waals surface area contributed by atoms with Crippen LogP contribution in [0.1, 0.15) is 0 Å². The van der Waals surface area contributed by atoms with E-state index in [1.165, 1.54) is 0 Å². The summed E-state index contributed by atoms with van der Waals surface area (Å²) in [6.07, 6.45) is 0. The van der Waals surface area contributed by atoms with Gasteiger partial charge in [-0.05, 0) is 12.2 Å². The molecule has 0 aliphatic rings. The first-order valence-corrected chi connectivity index (χ1v) is 2.64. The van der Waals surface area contributed by atoms with Crippen molar-refractivity contribution in [2.24, 2.45) is 0 Å². The molecular formula is CH2O3PS+. The van der Waals surface area contributed by atoms with E-state index in [0.717, 1.165) is 5.55 Å². The van der Waals surface area contributed by atoms with Crippen molar-refractivity contribution in [3.05, 3.63) is 0 Å². The number of rotatable bonds is 2. The van der Waals surface area contributed by atoms with E-state index in [0.29, 0.717) is 0 Å². The largest absolute Gasteiger partial charge is 0.747 e. The van der Waals surface area contributed by atoms with Crippen LogP contribution in [0.2, 0.25) is 0 Å². The fraction of sp³-hybridized carbons (Fsp3) is 0. The summed E-state index contributed by atoms with van der Waals surface area (Å²) in [4.78, 5) is 7.74. The lowest BCUT2D eigenvalue weighted by atomic mass is 11.7. The van der Waals surface area contributed by atoms with E-state index in [1.54, 1.807) is 0 Å². The highest BCUT2D eigenvalue weighted by atomic mass is 32.1. The fourth-order valence-electron chi connectivity index (χ4n) is 0.0368. The maximum Gasteiger partial charge on any atom is 0.747 e. The molecule has 1 unspecified atom stereocenters. The van der Waals surface area contributed by atoms with Gasteiger partial charge >= 0.3 is 8.25 Å². The Balaban J connectivity index is 3.05. The topological polar surface area (TPSA) is 46.5 Å². The highest BCUT2D eigenvalue weighted by molar-refractivity contribution is 7.78. The normalized spacial score (nSPS) is 9.83. The van der Waals surface area contributed by atoms with Gasteiger partial charge in [0.2, 0.25) is 5.55 Å². The Hall–Kier alpha value is -0.0500. The van der Waals surface area contributed by atoms with Crippen LogP contribution in [0.4, 0.5) is 0 Å². The lowest BCUT2D eigenvalue weighted by molar-refractivity contribution is 0.416. The van der Waals surface area contributed by atoms with Crippen LogP contribution in [0, 0.1) is 0 Å². The summed E-state index contributed by atoms with van der Waals surface area (Å²) < 4.78 is 13.2. The summed E-state index contributed by atoms with van der Waals surface area (Å²) >= 11 is 4.04. The highest BCUT2D eigenvalue weighted by Gasteiger charge is 2.06. The Kier molecular flexibility index (Phi) is 3.13. The van der Waals surface area contributed by atoms with Gasteiger partial charge in [0, 0.05) is 4.57 Å². The van der Waals surface area contributed by atoms with Crippen LogP contribution < -0.4 is 0 Å². The van der Waals surface area contributed by atoms with Crippen LogP contribution >= 0.6 is 20.5 Å². The van der Waals surface area contributed by atoms with Crippen molar-refractivity contribution in [3.8, 4) is 0 Å². The minimum absolute atomic E-state index is 0.749. The van der Waals surface area contributed by atoms with Crippen LogP contribution in [0.5, 0.6) is 0 Å². The molecule has 0 aromatic rings. The Labute approximate surface area is 40.9 Å². The number of hydrogen-bond acceptors (Lipinski definition) is 3. The van der Waals surface area contributed by atoms with Gasteiger partial charge in [0.25, 0.3) is 0 Å². The third kappa shape index (κ3) is 3.95. The van der Waals surface area contributed by atoms with Crippen LogP contribution in [0.15, 0.2) is 0 Å². The predicted octanol–water partition coefficient (Wildman–Crippen LogP) is 0.610. The van der Waals surface area contributed by atoms with Gasteiger partial charge in [-0.15, -0.1) is 4.89 Å². The van der Waals surface area contributed by atoms with E-state index in [2.05, 4.69) is 16.7 Å². The second kappa shape index (κ2) is 3.15. The van der Waals surface area contributed by atoms with Crippen molar-refractivity contribution in [2.45, 2.75) is 0 Å². The summed E-state index contributed by atoms with van der Waals surface area (Å²) in [5.74, 6) is 0. The molecule has 34 valence electrons. The average Bonchev–Trinajstić information content (AvgIpc) is 1.35. The zero-order valence-corrected chi connectivity index (χ0v) is 4.41. The summed E-state index contributed by atoms with van der Waals surface area (Å²) in [5, 5.41) is 0. The first-order valence-electron chi connectivity index (χ1n) is 1.04. The Morgan fingerprint density at radius 2 is 2.50 bits per heavy atom. The number of thiocarbonyl (C=S) groups is 1. The van der Waals surface area contributed by atoms with Gasteiger partial charge in [0.15, 0.2) is 0 Å². The molecule has 0 aliphatic carbocycles. The van der Waals surface area contributed by atoms with Crippen molar-refractivity contribution in [1.29, 1.82) is 0 Å². The molecule has 0 fully saturated rings. The molecule has 3 nitrogen and oxygen atoms in total. The SMILES string of the molecule is O=[P+](O)OC=S. The molecule has 0 bridgehead atoms. The summed E-state index contributed by atoms with van der Waals surface area (Å²) in [7, 11) is -2.51. The summed E-state index contributed by atoms with van der Waals surface area (Å²) in [6, 6.07) is 0. The minimum Gasteiger partial charge on any atom is -0.225 e. The molecule has 0 aromatic heterocycles. The molecule has 0 aliphatic heterocycles. The zero-order chi connectivity index (χ0) is 4.99. The quantitative estimate of drug-likeness (QED) is 0.433. The van der Waals surface area contributed by atoms with E-state index < -0.39 is 8.25 Å². The van der Waals surface area contributed by atoms with Gasteiger partial charge < -0.3 is 0 Å². The molecule has 0 spiro atoms. The fourth-order valence-corrected chi connectivity index (χ4v) is 0.331. The van der Waals surface area contributed by atoms with Crippen molar-refractivity contribution in [2.75, 3.05) is 0 Å². The molecule has 0 radical (unpaired) electrons. The van der Waals surface area contributed by atoms with Crippen LogP contribution in [-0.4, -0.2) is 10.4 Å². The van der Waals surface area contributed by atoms with Crippen LogP contribution in [0.3, 0.4) is 0 Å². The Morgan fingerprint density at radius 1 is 2.00 bits per heavy atom. The average molecular weight is 125 g/mol. The van der Waals surface area contributed by atoms with E-state index in [-0.39, 0.29) is 0 Å². The standard InChI is InChI=1S/CHO3PS/c2-5(3)4-1-6/h1H/p+1. The van der Waals surface area contributed by atoms with E-state index in [4.69, 9.17) is 4.89 Å². The smallest absolute Gasteiger partial charge is 0.225 e. The van der Waals surface area contributed by atoms with Gasteiger partial charge in [-0.1, -0.05) is 0 Å². The molecule has 0 rings (SSSR count). The van der Waals surface area contributed by atoms with Crippen molar-refractivity contribution in [3.63, 3.8) is 0 Å². The van der Waals surface area contributed by atoms with Crippen molar-refractivity contribution < 1.29 is 14.0 Å². The monoisotopic (exact) mass is 125 g/mol. The van der Waals surface area contributed by atoms with Gasteiger partial charge in [-0.25, -0.2) is 4.52 Å². The first kappa shape index (κ1) is 5.95. The molecule has 0 heterocycles. The van der Waals surface area contributed by atoms with Gasteiger partial charge in [-0.3, -0.25) is 0 Å². The van der Waals surface area contributed by atoms with E-state index >= 15 is 0 Å². The maximum atomic E-state index is 9.43. The third-order valence-electron chi connectivity index (χ3n) is 0.133. The second-order valence-corrected chi connectivity index (χ2v) is 1.32. The highest BCUT2D eigenvalue weighted by Crippen LogP contribution is 2.10. The molecule has 0 saturated heterocycles. The van der Waals surface area contributed by atoms with Crippen molar-refractivity contribution >= 4 is 26.0 Å². The molecule has 6 heavy (non-hydrogen) atoms. The van der Waals surface area contributed by atoms with Gasteiger partial charge in [0.05, 0.1) is 0 Å². The molecule has 0 amide bonds. The molecular weight excluding hydrogens is 123 g/mol.